The monoisotopic (exact) mass is 194 g/mol. The van der Waals surface area contributed by atoms with Gasteiger partial charge in [0, 0.05) is 22.9 Å². The number of nitrogens with zero attached hydrogens (tertiary/aromatic N) is 1. The van der Waals surface area contributed by atoms with Gasteiger partial charge in [-0.05, 0) is 19.9 Å². The number of carbonyl (C=O) groups excluding carboxylic acids is 1. The lowest BCUT2D eigenvalue weighted by Crippen LogP contribution is -2.02. The lowest BCUT2D eigenvalue weighted by molar-refractivity contribution is -0.385. The van der Waals surface area contributed by atoms with Gasteiger partial charge in [0.05, 0.1) is 4.92 Å². The van der Waals surface area contributed by atoms with Crippen molar-refractivity contribution in [3.05, 3.63) is 33.4 Å². The molecule has 0 spiro atoms. The SMILES string of the molecule is CC(=O)c1cc(N)cc([N+](=O)[O-])c1C. The predicted molar refractivity (Wildman–Crippen MR) is 52.3 cm³/mol. The molecule has 1 rings (SSSR count). The number of nitro groups is 1. The summed E-state index contributed by atoms with van der Waals surface area (Å²) in [5, 5.41) is 10.6. The largest absolute Gasteiger partial charge is 0.399 e. The molecule has 0 heterocycles. The quantitative estimate of drug-likeness (QED) is 0.336. The fourth-order valence-corrected chi connectivity index (χ4v) is 1.28. The Hall–Kier alpha value is -1.91. The van der Waals surface area contributed by atoms with E-state index < -0.39 is 4.92 Å². The minimum absolute atomic E-state index is 0.116. The summed E-state index contributed by atoms with van der Waals surface area (Å²) in [5.74, 6) is -0.224. The summed E-state index contributed by atoms with van der Waals surface area (Å²) in [4.78, 5) is 21.2. The molecule has 74 valence electrons. The van der Waals surface area contributed by atoms with Crippen LogP contribution in [0.3, 0.4) is 0 Å². The average Bonchev–Trinajstić information content (AvgIpc) is 2.07. The molecule has 0 amide bonds. The molecule has 2 N–H and O–H groups in total. The molecule has 0 aliphatic rings. The van der Waals surface area contributed by atoms with E-state index in [0.29, 0.717) is 11.1 Å². The zero-order valence-electron chi connectivity index (χ0n) is 7.90. The number of carbonyl (C=O) groups is 1. The van der Waals surface area contributed by atoms with Crippen LogP contribution in [0, 0.1) is 17.0 Å². The van der Waals surface area contributed by atoms with Crippen molar-refractivity contribution in [3.8, 4) is 0 Å². The highest BCUT2D eigenvalue weighted by molar-refractivity contribution is 5.97. The third kappa shape index (κ3) is 1.71. The van der Waals surface area contributed by atoms with E-state index in [1.165, 1.54) is 26.0 Å². The molecular weight excluding hydrogens is 184 g/mol. The molecule has 5 heteroatoms. The molecule has 1 aromatic rings. The lowest BCUT2D eigenvalue weighted by atomic mass is 10.0. The number of rotatable bonds is 2. The van der Waals surface area contributed by atoms with Gasteiger partial charge in [0.2, 0.25) is 0 Å². The van der Waals surface area contributed by atoms with Crippen LogP contribution in [-0.2, 0) is 0 Å². The number of hydrogen-bond acceptors (Lipinski definition) is 4. The maximum Gasteiger partial charge on any atom is 0.275 e. The lowest BCUT2D eigenvalue weighted by Gasteiger charge is -2.04. The Morgan fingerprint density at radius 1 is 1.50 bits per heavy atom. The Kier molecular flexibility index (Phi) is 2.51. The van der Waals surface area contributed by atoms with E-state index in [1.54, 1.807) is 0 Å². The van der Waals surface area contributed by atoms with Crippen molar-refractivity contribution in [3.63, 3.8) is 0 Å². The third-order valence-electron chi connectivity index (χ3n) is 1.98. The summed E-state index contributed by atoms with van der Waals surface area (Å²) in [5.41, 5.74) is 6.22. The van der Waals surface area contributed by atoms with Gasteiger partial charge in [0.25, 0.3) is 5.69 Å². The number of nitrogens with two attached hydrogens (primary N) is 1. The number of Topliss-reactive ketones (excluding diaryl/α,β-unsaturated/α-hetero) is 1. The number of ketones is 1. The van der Waals surface area contributed by atoms with Crippen LogP contribution in [-0.4, -0.2) is 10.7 Å². The Labute approximate surface area is 80.7 Å². The number of nitro benzene ring substituents is 1. The van der Waals surface area contributed by atoms with Gasteiger partial charge in [-0.2, -0.15) is 0 Å². The first-order valence-corrected chi connectivity index (χ1v) is 3.99. The van der Waals surface area contributed by atoms with Crippen LogP contribution in [0.5, 0.6) is 0 Å². The zero-order chi connectivity index (χ0) is 10.9. The molecule has 0 radical (unpaired) electrons. The topological polar surface area (TPSA) is 86.2 Å². The minimum Gasteiger partial charge on any atom is -0.399 e. The molecule has 0 saturated carbocycles. The van der Waals surface area contributed by atoms with Crippen LogP contribution in [0.25, 0.3) is 0 Å². The first-order chi connectivity index (χ1) is 6.43. The Morgan fingerprint density at radius 3 is 2.50 bits per heavy atom. The fourth-order valence-electron chi connectivity index (χ4n) is 1.28. The highest BCUT2D eigenvalue weighted by atomic mass is 16.6. The molecule has 0 saturated heterocycles. The number of benzene rings is 1. The van der Waals surface area contributed by atoms with Crippen molar-refractivity contribution in [2.45, 2.75) is 13.8 Å². The second-order valence-corrected chi connectivity index (χ2v) is 3.03. The van der Waals surface area contributed by atoms with Gasteiger partial charge in [0.1, 0.15) is 0 Å². The molecule has 1 aromatic carbocycles. The van der Waals surface area contributed by atoms with E-state index in [4.69, 9.17) is 5.73 Å². The molecule has 0 aromatic heterocycles. The van der Waals surface area contributed by atoms with Gasteiger partial charge in [-0.3, -0.25) is 14.9 Å². The van der Waals surface area contributed by atoms with Crippen molar-refractivity contribution >= 4 is 17.2 Å². The smallest absolute Gasteiger partial charge is 0.275 e. The summed E-state index contributed by atoms with van der Waals surface area (Å²) in [6, 6.07) is 2.70. The van der Waals surface area contributed by atoms with Gasteiger partial charge in [-0.15, -0.1) is 0 Å². The molecule has 0 atom stereocenters. The van der Waals surface area contributed by atoms with E-state index in [-0.39, 0.29) is 17.2 Å². The van der Waals surface area contributed by atoms with Crippen LogP contribution >= 0.6 is 0 Å². The molecular formula is C9H10N2O3. The molecule has 5 nitrogen and oxygen atoms in total. The number of nitrogen functional groups attached to an aromatic ring is 1. The van der Waals surface area contributed by atoms with Crippen LogP contribution in [0.4, 0.5) is 11.4 Å². The fraction of sp³-hybridized carbons (Fsp3) is 0.222. The second-order valence-electron chi connectivity index (χ2n) is 3.03. The Balaban J connectivity index is 3.47. The van der Waals surface area contributed by atoms with Crippen molar-refractivity contribution < 1.29 is 9.72 Å². The number of hydrogen-bond donors (Lipinski definition) is 1. The van der Waals surface area contributed by atoms with Crippen LogP contribution in [0.2, 0.25) is 0 Å². The summed E-state index contributed by atoms with van der Waals surface area (Å²) in [7, 11) is 0. The van der Waals surface area contributed by atoms with E-state index in [1.807, 2.05) is 0 Å². The summed E-state index contributed by atoms with van der Waals surface area (Å²) in [6.45, 7) is 2.89. The summed E-state index contributed by atoms with van der Waals surface area (Å²) < 4.78 is 0. The number of anilines is 1. The summed E-state index contributed by atoms with van der Waals surface area (Å²) in [6.07, 6.45) is 0. The molecule has 0 bridgehead atoms. The Bertz CT molecular complexity index is 378. The first kappa shape index (κ1) is 10.2. The highest BCUT2D eigenvalue weighted by Gasteiger charge is 2.17. The van der Waals surface area contributed by atoms with E-state index in [2.05, 4.69) is 0 Å². The molecule has 0 aliphatic heterocycles. The van der Waals surface area contributed by atoms with Crippen molar-refractivity contribution in [1.29, 1.82) is 0 Å². The van der Waals surface area contributed by atoms with Crippen LogP contribution in [0.15, 0.2) is 12.1 Å². The molecule has 0 fully saturated rings. The minimum atomic E-state index is -0.544. The zero-order valence-corrected chi connectivity index (χ0v) is 7.90. The van der Waals surface area contributed by atoms with Gasteiger partial charge >= 0.3 is 0 Å². The van der Waals surface area contributed by atoms with Gasteiger partial charge in [-0.1, -0.05) is 0 Å². The normalized spacial score (nSPS) is 9.86. The average molecular weight is 194 g/mol. The van der Waals surface area contributed by atoms with Crippen molar-refractivity contribution in [1.82, 2.24) is 0 Å². The van der Waals surface area contributed by atoms with E-state index in [9.17, 15) is 14.9 Å². The third-order valence-corrected chi connectivity index (χ3v) is 1.98. The second kappa shape index (κ2) is 3.45. The van der Waals surface area contributed by atoms with E-state index >= 15 is 0 Å². The van der Waals surface area contributed by atoms with Gasteiger partial charge in [0.15, 0.2) is 5.78 Å². The van der Waals surface area contributed by atoms with Crippen molar-refractivity contribution in [2.24, 2.45) is 0 Å². The Morgan fingerprint density at radius 2 is 2.07 bits per heavy atom. The summed E-state index contributed by atoms with van der Waals surface area (Å²) >= 11 is 0. The predicted octanol–water partition coefficient (Wildman–Crippen LogP) is 1.69. The first-order valence-electron chi connectivity index (χ1n) is 3.99. The molecule has 0 aliphatic carbocycles. The van der Waals surface area contributed by atoms with Gasteiger partial charge in [-0.25, -0.2) is 0 Å². The standard InChI is InChI=1S/C9H10N2O3/c1-5-8(6(2)12)3-7(10)4-9(5)11(13)14/h3-4H,10H2,1-2H3. The maximum atomic E-state index is 11.1. The molecule has 14 heavy (non-hydrogen) atoms. The van der Waals surface area contributed by atoms with Crippen LogP contribution in [0.1, 0.15) is 22.8 Å². The highest BCUT2D eigenvalue weighted by Crippen LogP contribution is 2.25. The van der Waals surface area contributed by atoms with E-state index in [0.717, 1.165) is 0 Å². The molecule has 0 unspecified atom stereocenters. The van der Waals surface area contributed by atoms with Crippen molar-refractivity contribution in [2.75, 3.05) is 5.73 Å². The van der Waals surface area contributed by atoms with Crippen LogP contribution < -0.4 is 5.73 Å². The van der Waals surface area contributed by atoms with Gasteiger partial charge < -0.3 is 5.73 Å². The maximum absolute atomic E-state index is 11.1.